The highest BCUT2D eigenvalue weighted by molar-refractivity contribution is 6.05. The van der Waals surface area contributed by atoms with Gasteiger partial charge in [0.05, 0.1) is 29.7 Å². The smallest absolute Gasteiger partial charge is 0.240 e. The van der Waals surface area contributed by atoms with Crippen molar-refractivity contribution in [3.8, 4) is 5.75 Å². The minimum Gasteiger partial charge on any atom is -0.491 e. The second-order valence-electron chi connectivity index (χ2n) is 9.82. The number of fused-ring (bicyclic) bond motifs is 1. The van der Waals surface area contributed by atoms with E-state index in [2.05, 4.69) is 37.5 Å². The summed E-state index contributed by atoms with van der Waals surface area (Å²) in [5.74, 6) is 1.51. The first kappa shape index (κ1) is 25.4. The molecule has 5 rings (SSSR count). The van der Waals surface area contributed by atoms with Gasteiger partial charge in [-0.2, -0.15) is 5.10 Å². The van der Waals surface area contributed by atoms with Gasteiger partial charge in [-0.15, -0.1) is 0 Å². The number of rotatable bonds is 14. The van der Waals surface area contributed by atoms with E-state index in [0.717, 1.165) is 60.2 Å². The van der Waals surface area contributed by atoms with Gasteiger partial charge in [-0.3, -0.25) is 4.79 Å². The molecule has 9 heteroatoms. The highest BCUT2D eigenvalue weighted by atomic mass is 16.5. The van der Waals surface area contributed by atoms with E-state index in [1.54, 1.807) is 0 Å². The minimum absolute atomic E-state index is 0.0484. The summed E-state index contributed by atoms with van der Waals surface area (Å²) in [6.45, 7) is 3.75. The number of ether oxygens (including phenoxy) is 2. The van der Waals surface area contributed by atoms with Crippen molar-refractivity contribution in [1.29, 1.82) is 0 Å². The fourth-order valence-corrected chi connectivity index (χ4v) is 4.30. The van der Waals surface area contributed by atoms with Gasteiger partial charge in [-0.25, -0.2) is 10.4 Å². The lowest BCUT2D eigenvalue weighted by Gasteiger charge is -2.14. The van der Waals surface area contributed by atoms with Crippen LogP contribution in [0.1, 0.15) is 36.8 Å². The Morgan fingerprint density at radius 1 is 1.16 bits per heavy atom. The molecule has 2 aliphatic rings. The van der Waals surface area contributed by atoms with Crippen LogP contribution >= 0.6 is 0 Å². The van der Waals surface area contributed by atoms with Crippen molar-refractivity contribution in [2.75, 3.05) is 32.9 Å². The number of aliphatic hydroxyl groups is 1. The molecule has 1 aromatic heterocycles. The van der Waals surface area contributed by atoms with E-state index in [-0.39, 0.29) is 12.5 Å². The van der Waals surface area contributed by atoms with Crippen LogP contribution in [0.5, 0.6) is 5.75 Å². The number of nitrogens with one attached hydrogen (secondary N) is 2. The van der Waals surface area contributed by atoms with Crippen LogP contribution in [0, 0.1) is 5.92 Å². The summed E-state index contributed by atoms with van der Waals surface area (Å²) < 4.78 is 13.5. The lowest BCUT2D eigenvalue weighted by Crippen LogP contribution is -2.33. The molecule has 0 radical (unpaired) electrons. The molecule has 1 fully saturated rings. The van der Waals surface area contributed by atoms with E-state index in [0.29, 0.717) is 25.9 Å². The molecule has 1 aliphatic heterocycles. The first-order valence-electron chi connectivity index (χ1n) is 13.1. The molecule has 1 unspecified atom stereocenters. The third-order valence-electron chi connectivity index (χ3n) is 6.72. The van der Waals surface area contributed by atoms with Crippen molar-refractivity contribution in [1.82, 2.24) is 20.3 Å². The Hall–Kier alpha value is -3.27. The van der Waals surface area contributed by atoms with Gasteiger partial charge in [0.25, 0.3) is 0 Å². The molecule has 0 spiro atoms. The van der Waals surface area contributed by atoms with E-state index in [4.69, 9.17) is 9.47 Å². The monoisotopic (exact) mass is 505 g/mol. The lowest BCUT2D eigenvalue weighted by atomic mass is 10.0. The average Bonchev–Trinajstić information content (AvgIpc) is 3.67. The van der Waals surface area contributed by atoms with Crippen LogP contribution in [0.25, 0.3) is 11.0 Å². The van der Waals surface area contributed by atoms with Gasteiger partial charge in [0.1, 0.15) is 18.5 Å². The molecule has 0 saturated heterocycles. The standard InChI is InChI=1S/C28H35N5O4/c34-23(18-37-24-6-3-20(4-7-24)11-14-36-17-21-1-2-21)16-29-12-13-33-19-30-26-15-22(5-9-27(26)33)25-8-10-28(35)32-31-25/h3-7,9,15,19,21,23,29,34H,1-2,8,10-14,16-18H2,(H,32,35). The molecule has 3 aromatic rings. The fourth-order valence-electron chi connectivity index (χ4n) is 4.30. The number of imidazole rings is 1. The molecular weight excluding hydrogens is 470 g/mol. The molecule has 196 valence electrons. The molecule has 37 heavy (non-hydrogen) atoms. The molecule has 1 aliphatic carbocycles. The van der Waals surface area contributed by atoms with Crippen molar-refractivity contribution < 1.29 is 19.4 Å². The molecule has 2 heterocycles. The number of hydrogen-bond donors (Lipinski definition) is 3. The first-order chi connectivity index (χ1) is 18.1. The Bertz CT molecular complexity index is 1220. The Kier molecular flexibility index (Phi) is 8.45. The van der Waals surface area contributed by atoms with Crippen molar-refractivity contribution in [2.45, 2.75) is 44.8 Å². The summed E-state index contributed by atoms with van der Waals surface area (Å²) in [6.07, 6.45) is 5.85. The molecule has 9 nitrogen and oxygen atoms in total. The summed E-state index contributed by atoms with van der Waals surface area (Å²) >= 11 is 0. The van der Waals surface area contributed by atoms with Crippen molar-refractivity contribution >= 4 is 22.7 Å². The number of aromatic nitrogens is 2. The molecule has 2 aromatic carbocycles. The number of hydrogen-bond acceptors (Lipinski definition) is 7. The summed E-state index contributed by atoms with van der Waals surface area (Å²) in [6, 6.07) is 14.1. The quantitative estimate of drug-likeness (QED) is 0.291. The predicted octanol–water partition coefficient (Wildman–Crippen LogP) is 2.65. The number of carbonyl (C=O) groups is 1. The number of nitrogens with zero attached hydrogens (tertiary/aromatic N) is 3. The Balaban J connectivity index is 0.997. The Morgan fingerprint density at radius 2 is 2.03 bits per heavy atom. The molecule has 0 bridgehead atoms. The van der Waals surface area contributed by atoms with Gasteiger partial charge < -0.3 is 24.5 Å². The topological polar surface area (TPSA) is 110 Å². The van der Waals surface area contributed by atoms with E-state index in [1.807, 2.05) is 36.7 Å². The van der Waals surface area contributed by atoms with Crippen LogP contribution in [-0.2, 0) is 22.5 Å². The predicted molar refractivity (Wildman–Crippen MR) is 142 cm³/mol. The van der Waals surface area contributed by atoms with Gasteiger partial charge in [-0.05, 0) is 55.0 Å². The lowest BCUT2D eigenvalue weighted by molar-refractivity contribution is -0.121. The Labute approximate surface area is 216 Å². The fraction of sp³-hybridized carbons (Fsp3) is 0.464. The zero-order chi connectivity index (χ0) is 25.5. The normalized spacial score (nSPS) is 16.5. The minimum atomic E-state index is -0.602. The van der Waals surface area contributed by atoms with Crippen LogP contribution in [-0.4, -0.2) is 65.3 Å². The second-order valence-corrected chi connectivity index (χ2v) is 9.82. The average molecular weight is 506 g/mol. The van der Waals surface area contributed by atoms with Gasteiger partial charge in [0, 0.05) is 44.6 Å². The maximum Gasteiger partial charge on any atom is 0.240 e. The maximum absolute atomic E-state index is 11.3. The molecule has 1 atom stereocenters. The van der Waals surface area contributed by atoms with E-state index >= 15 is 0 Å². The third kappa shape index (κ3) is 7.38. The second kappa shape index (κ2) is 12.3. The highest BCUT2D eigenvalue weighted by Crippen LogP contribution is 2.28. The summed E-state index contributed by atoms with van der Waals surface area (Å²) in [7, 11) is 0. The number of aliphatic hydroxyl groups excluding tert-OH is 1. The third-order valence-corrected chi connectivity index (χ3v) is 6.72. The number of amides is 1. The van der Waals surface area contributed by atoms with Gasteiger partial charge in [0.15, 0.2) is 0 Å². The van der Waals surface area contributed by atoms with Crippen LogP contribution < -0.4 is 15.5 Å². The molecular formula is C28H35N5O4. The van der Waals surface area contributed by atoms with E-state index in [1.165, 1.54) is 18.4 Å². The van der Waals surface area contributed by atoms with Crippen molar-refractivity contribution in [3.05, 3.63) is 59.9 Å². The van der Waals surface area contributed by atoms with E-state index < -0.39 is 6.10 Å². The maximum atomic E-state index is 11.3. The Morgan fingerprint density at radius 3 is 2.81 bits per heavy atom. The number of hydrazone groups is 1. The van der Waals surface area contributed by atoms with Crippen LogP contribution in [0.4, 0.5) is 0 Å². The zero-order valence-electron chi connectivity index (χ0n) is 21.1. The van der Waals surface area contributed by atoms with Crippen molar-refractivity contribution in [3.63, 3.8) is 0 Å². The van der Waals surface area contributed by atoms with Gasteiger partial charge >= 0.3 is 0 Å². The molecule has 1 saturated carbocycles. The summed E-state index contributed by atoms with van der Waals surface area (Å²) in [5, 5.41) is 17.8. The van der Waals surface area contributed by atoms with E-state index in [9.17, 15) is 9.90 Å². The van der Waals surface area contributed by atoms with Gasteiger partial charge in [-0.1, -0.05) is 18.2 Å². The molecule has 3 N–H and O–H groups in total. The van der Waals surface area contributed by atoms with Gasteiger partial charge in [0.2, 0.25) is 5.91 Å². The van der Waals surface area contributed by atoms with Crippen molar-refractivity contribution in [2.24, 2.45) is 11.0 Å². The SMILES string of the molecule is O=C1CCC(c2ccc3c(c2)ncn3CCNCC(O)COc2ccc(CCOCC3CC3)cc2)=NN1. The summed E-state index contributed by atoms with van der Waals surface area (Å²) in [5.41, 5.74) is 7.55. The largest absolute Gasteiger partial charge is 0.491 e. The number of benzene rings is 2. The zero-order valence-corrected chi connectivity index (χ0v) is 21.1. The summed E-state index contributed by atoms with van der Waals surface area (Å²) in [4.78, 5) is 15.8. The van der Waals surface area contributed by atoms with Crippen LogP contribution in [0.3, 0.4) is 0 Å². The van der Waals surface area contributed by atoms with Crippen LogP contribution in [0.2, 0.25) is 0 Å². The molecule has 1 amide bonds. The highest BCUT2D eigenvalue weighted by Gasteiger charge is 2.21. The number of carbonyl (C=O) groups excluding carboxylic acids is 1. The first-order valence-corrected chi connectivity index (χ1v) is 13.1. The van der Waals surface area contributed by atoms with Crippen LogP contribution in [0.15, 0.2) is 53.9 Å².